The molecule has 6 heteroatoms. The van der Waals surface area contributed by atoms with Crippen LogP contribution in [0.2, 0.25) is 0 Å². The van der Waals surface area contributed by atoms with Gasteiger partial charge in [-0.05, 0) is 19.1 Å². The van der Waals surface area contributed by atoms with Gasteiger partial charge in [0.1, 0.15) is 11.4 Å². The van der Waals surface area contributed by atoms with Gasteiger partial charge in [0.15, 0.2) is 0 Å². The fourth-order valence-corrected chi connectivity index (χ4v) is 1.04. The van der Waals surface area contributed by atoms with Crippen LogP contribution in [0, 0.1) is 6.92 Å². The maximum atomic E-state index is 12.0. The molecule has 15 heavy (non-hydrogen) atoms. The molecule has 0 atom stereocenters. The van der Waals surface area contributed by atoms with Crippen LogP contribution in [0.4, 0.5) is 13.2 Å². The Kier molecular flexibility index (Phi) is 2.97. The SMILES string of the molecule is COc1ccc(C(=O)C(F)(F)F)nc1C. The maximum absolute atomic E-state index is 12.0. The van der Waals surface area contributed by atoms with E-state index >= 15 is 0 Å². The Hall–Kier alpha value is -1.59. The number of methoxy groups -OCH3 is 1. The number of Topliss-reactive ketones (excluding diaryl/α,β-unsaturated/α-hetero) is 1. The first-order chi connectivity index (χ1) is 6.86. The molecule has 0 fully saturated rings. The highest BCUT2D eigenvalue weighted by molar-refractivity contribution is 5.98. The zero-order valence-corrected chi connectivity index (χ0v) is 8.05. The second-order valence-electron chi connectivity index (χ2n) is 2.81. The van der Waals surface area contributed by atoms with Gasteiger partial charge in [-0.25, -0.2) is 4.98 Å². The number of halogens is 3. The van der Waals surface area contributed by atoms with E-state index in [9.17, 15) is 18.0 Å². The minimum absolute atomic E-state index is 0.243. The quantitative estimate of drug-likeness (QED) is 0.715. The van der Waals surface area contributed by atoms with Crippen LogP contribution in [0.3, 0.4) is 0 Å². The summed E-state index contributed by atoms with van der Waals surface area (Å²) in [6.45, 7) is 1.46. The van der Waals surface area contributed by atoms with Crippen LogP contribution in [0.15, 0.2) is 12.1 Å². The molecular formula is C9H8F3NO2. The lowest BCUT2D eigenvalue weighted by Gasteiger charge is -2.07. The molecule has 0 saturated heterocycles. The molecular weight excluding hydrogens is 211 g/mol. The molecule has 1 heterocycles. The molecule has 0 spiro atoms. The molecule has 0 saturated carbocycles. The number of carbonyl (C=O) groups excluding carboxylic acids is 1. The molecule has 0 aliphatic carbocycles. The predicted molar refractivity (Wildman–Crippen MR) is 45.9 cm³/mol. The van der Waals surface area contributed by atoms with E-state index in [-0.39, 0.29) is 5.69 Å². The molecule has 82 valence electrons. The van der Waals surface area contributed by atoms with Crippen LogP contribution in [0.5, 0.6) is 5.75 Å². The number of ketones is 1. The summed E-state index contributed by atoms with van der Waals surface area (Å²) in [5.41, 5.74) is -0.381. The van der Waals surface area contributed by atoms with Crippen molar-refractivity contribution in [1.29, 1.82) is 0 Å². The van der Waals surface area contributed by atoms with Crippen molar-refractivity contribution < 1.29 is 22.7 Å². The maximum Gasteiger partial charge on any atom is 0.456 e. The van der Waals surface area contributed by atoms with Gasteiger partial charge in [0.2, 0.25) is 0 Å². The second kappa shape index (κ2) is 3.88. The minimum atomic E-state index is -4.89. The van der Waals surface area contributed by atoms with E-state index < -0.39 is 17.7 Å². The minimum Gasteiger partial charge on any atom is -0.495 e. The van der Waals surface area contributed by atoms with Gasteiger partial charge < -0.3 is 4.74 Å². The third-order valence-corrected chi connectivity index (χ3v) is 1.75. The van der Waals surface area contributed by atoms with E-state index in [4.69, 9.17) is 4.74 Å². The van der Waals surface area contributed by atoms with Crippen molar-refractivity contribution in [3.8, 4) is 5.75 Å². The average molecular weight is 219 g/mol. The second-order valence-corrected chi connectivity index (χ2v) is 2.81. The Morgan fingerprint density at radius 2 is 2.00 bits per heavy atom. The van der Waals surface area contributed by atoms with E-state index in [1.807, 2.05) is 0 Å². The van der Waals surface area contributed by atoms with Gasteiger partial charge in [0, 0.05) is 0 Å². The largest absolute Gasteiger partial charge is 0.495 e. The highest BCUT2D eigenvalue weighted by Gasteiger charge is 2.40. The van der Waals surface area contributed by atoms with Crippen LogP contribution < -0.4 is 4.74 Å². The molecule has 0 radical (unpaired) electrons. The van der Waals surface area contributed by atoms with Gasteiger partial charge in [-0.2, -0.15) is 13.2 Å². The molecule has 0 unspecified atom stereocenters. The zero-order valence-electron chi connectivity index (χ0n) is 8.05. The van der Waals surface area contributed by atoms with Crippen molar-refractivity contribution in [3.63, 3.8) is 0 Å². The fourth-order valence-electron chi connectivity index (χ4n) is 1.04. The molecule has 0 amide bonds. The number of aryl methyl sites for hydroxylation is 1. The van der Waals surface area contributed by atoms with Crippen molar-refractivity contribution in [1.82, 2.24) is 4.98 Å². The Labute approximate surface area is 83.9 Å². The summed E-state index contributed by atoms with van der Waals surface area (Å²) in [6.07, 6.45) is -4.89. The van der Waals surface area contributed by atoms with Crippen LogP contribution in [0.25, 0.3) is 0 Å². The number of ether oxygens (including phenoxy) is 1. The average Bonchev–Trinajstić information content (AvgIpc) is 2.15. The fraction of sp³-hybridized carbons (Fsp3) is 0.333. The van der Waals surface area contributed by atoms with Gasteiger partial charge in [0.05, 0.1) is 12.8 Å². The number of hydrogen-bond donors (Lipinski definition) is 0. The lowest BCUT2D eigenvalue weighted by molar-refractivity contribution is -0.0888. The predicted octanol–water partition coefficient (Wildman–Crippen LogP) is 2.14. The monoisotopic (exact) mass is 219 g/mol. The molecule has 0 bridgehead atoms. The number of nitrogens with zero attached hydrogens (tertiary/aromatic N) is 1. The number of alkyl halides is 3. The smallest absolute Gasteiger partial charge is 0.456 e. The topological polar surface area (TPSA) is 39.2 Å². The first-order valence-electron chi connectivity index (χ1n) is 3.99. The molecule has 0 aromatic carbocycles. The highest BCUT2D eigenvalue weighted by Crippen LogP contribution is 2.22. The van der Waals surface area contributed by atoms with Gasteiger partial charge in [-0.15, -0.1) is 0 Å². The third kappa shape index (κ3) is 2.45. The zero-order chi connectivity index (χ0) is 11.6. The lowest BCUT2D eigenvalue weighted by Crippen LogP contribution is -2.24. The van der Waals surface area contributed by atoms with Crippen molar-refractivity contribution in [3.05, 3.63) is 23.5 Å². The molecule has 3 nitrogen and oxygen atoms in total. The van der Waals surface area contributed by atoms with Crippen molar-refractivity contribution in [2.24, 2.45) is 0 Å². The van der Waals surface area contributed by atoms with Gasteiger partial charge >= 0.3 is 6.18 Å². The number of carbonyl (C=O) groups is 1. The number of hydrogen-bond acceptors (Lipinski definition) is 3. The standard InChI is InChI=1S/C9H8F3NO2/c1-5-7(15-2)4-3-6(13-5)8(14)9(10,11)12/h3-4H,1-2H3. The molecule has 0 aliphatic heterocycles. The van der Waals surface area contributed by atoms with Crippen molar-refractivity contribution >= 4 is 5.78 Å². The summed E-state index contributed by atoms with van der Waals surface area (Å²) < 4.78 is 40.9. The Morgan fingerprint density at radius 1 is 1.40 bits per heavy atom. The highest BCUT2D eigenvalue weighted by atomic mass is 19.4. The summed E-state index contributed by atoms with van der Waals surface area (Å²) in [7, 11) is 1.37. The summed E-state index contributed by atoms with van der Waals surface area (Å²) in [5.74, 6) is -1.61. The molecule has 0 N–H and O–H groups in total. The Morgan fingerprint density at radius 3 is 2.40 bits per heavy atom. The Bertz CT molecular complexity index is 387. The van der Waals surface area contributed by atoms with Crippen molar-refractivity contribution in [2.75, 3.05) is 7.11 Å². The first-order valence-corrected chi connectivity index (χ1v) is 3.99. The molecule has 1 aromatic heterocycles. The van der Waals surface area contributed by atoms with E-state index in [1.165, 1.54) is 20.1 Å². The van der Waals surface area contributed by atoms with Gasteiger partial charge in [-0.3, -0.25) is 4.79 Å². The third-order valence-electron chi connectivity index (χ3n) is 1.75. The van der Waals surface area contributed by atoms with Crippen molar-refractivity contribution in [2.45, 2.75) is 13.1 Å². The summed E-state index contributed by atoms with van der Waals surface area (Å²) >= 11 is 0. The summed E-state index contributed by atoms with van der Waals surface area (Å²) in [6, 6.07) is 2.27. The van der Waals surface area contributed by atoms with Crippen LogP contribution >= 0.6 is 0 Å². The van der Waals surface area contributed by atoms with E-state index in [1.54, 1.807) is 0 Å². The van der Waals surface area contributed by atoms with E-state index in [2.05, 4.69) is 4.98 Å². The van der Waals surface area contributed by atoms with Crippen LogP contribution in [0.1, 0.15) is 16.2 Å². The number of rotatable bonds is 2. The van der Waals surface area contributed by atoms with E-state index in [0.717, 1.165) is 6.07 Å². The number of aromatic nitrogens is 1. The summed E-state index contributed by atoms with van der Waals surface area (Å²) in [5, 5.41) is 0. The lowest BCUT2D eigenvalue weighted by atomic mass is 10.2. The molecule has 1 rings (SSSR count). The first kappa shape index (κ1) is 11.5. The van der Waals surface area contributed by atoms with Crippen LogP contribution in [-0.4, -0.2) is 24.1 Å². The van der Waals surface area contributed by atoms with Crippen LogP contribution in [-0.2, 0) is 0 Å². The van der Waals surface area contributed by atoms with Gasteiger partial charge in [-0.1, -0.05) is 0 Å². The molecule has 1 aromatic rings. The number of pyridine rings is 1. The Balaban J connectivity index is 3.08. The van der Waals surface area contributed by atoms with Gasteiger partial charge in [0.25, 0.3) is 5.78 Å². The summed E-state index contributed by atoms with van der Waals surface area (Å²) in [4.78, 5) is 14.3. The van der Waals surface area contributed by atoms with E-state index in [0.29, 0.717) is 5.75 Å². The normalized spacial score (nSPS) is 11.3. The molecule has 0 aliphatic rings.